The summed E-state index contributed by atoms with van der Waals surface area (Å²) < 4.78 is 5.43. The van der Waals surface area contributed by atoms with Crippen LogP contribution in [-0.4, -0.2) is 22.5 Å². The molecule has 1 aliphatic heterocycles. The molecule has 0 unspecified atom stereocenters. The van der Waals surface area contributed by atoms with Crippen LogP contribution in [0, 0.1) is 5.92 Å². The van der Waals surface area contributed by atoms with Crippen LogP contribution in [0.15, 0.2) is 10.6 Å². The minimum absolute atomic E-state index is 0.0399. The quantitative estimate of drug-likeness (QED) is 0.828. The summed E-state index contributed by atoms with van der Waals surface area (Å²) in [4.78, 5) is 14.1. The number of rotatable bonds is 3. The van der Waals surface area contributed by atoms with Gasteiger partial charge in [-0.2, -0.15) is 0 Å². The van der Waals surface area contributed by atoms with Gasteiger partial charge < -0.3 is 9.42 Å². The second-order valence-electron chi connectivity index (χ2n) is 5.65. The van der Waals surface area contributed by atoms with E-state index in [0.717, 1.165) is 30.8 Å². The third-order valence-corrected chi connectivity index (χ3v) is 3.50. The molecular weight excluding hydrogens is 228 g/mol. The van der Waals surface area contributed by atoms with Crippen LogP contribution >= 0.6 is 0 Å². The third kappa shape index (κ3) is 2.42. The lowest BCUT2D eigenvalue weighted by Gasteiger charge is -2.24. The highest BCUT2D eigenvalue weighted by Crippen LogP contribution is 2.34. The molecule has 0 spiro atoms. The number of aromatic nitrogens is 1. The second-order valence-corrected chi connectivity index (χ2v) is 5.65. The molecule has 0 bridgehead atoms. The van der Waals surface area contributed by atoms with Gasteiger partial charge >= 0.3 is 0 Å². The fraction of sp³-hybridized carbons (Fsp3) is 0.714. The van der Waals surface area contributed by atoms with Crippen LogP contribution in [0.25, 0.3) is 0 Å². The van der Waals surface area contributed by atoms with E-state index in [1.165, 1.54) is 0 Å². The van der Waals surface area contributed by atoms with Gasteiger partial charge in [0.05, 0.1) is 11.7 Å². The number of carbonyl (C=O) groups is 1. The van der Waals surface area contributed by atoms with Gasteiger partial charge in [0.15, 0.2) is 5.76 Å². The van der Waals surface area contributed by atoms with Crippen LogP contribution in [0.5, 0.6) is 0 Å². The predicted molar refractivity (Wildman–Crippen MR) is 69.1 cm³/mol. The highest BCUT2D eigenvalue weighted by molar-refractivity contribution is 5.78. The Kier molecular flexibility index (Phi) is 3.73. The van der Waals surface area contributed by atoms with Crippen molar-refractivity contribution in [3.63, 3.8) is 0 Å². The predicted octanol–water partition coefficient (Wildman–Crippen LogP) is 3.12. The monoisotopic (exact) mass is 250 g/mol. The molecule has 1 aliphatic rings. The molecule has 100 valence electrons. The highest BCUT2D eigenvalue weighted by Gasteiger charge is 2.33. The van der Waals surface area contributed by atoms with Crippen molar-refractivity contribution in [2.24, 2.45) is 5.92 Å². The van der Waals surface area contributed by atoms with Crippen molar-refractivity contribution in [3.8, 4) is 0 Å². The van der Waals surface area contributed by atoms with Gasteiger partial charge in [0.1, 0.15) is 0 Å². The SMILES string of the molecule is CC(C)C(=O)N1CCC[C@@H]1c1cc(C(C)C)no1. The van der Waals surface area contributed by atoms with Crippen LogP contribution in [0.3, 0.4) is 0 Å². The Labute approximate surface area is 108 Å². The Morgan fingerprint density at radius 1 is 1.44 bits per heavy atom. The number of carbonyl (C=O) groups excluding carboxylic acids is 1. The zero-order valence-corrected chi connectivity index (χ0v) is 11.6. The summed E-state index contributed by atoms with van der Waals surface area (Å²) in [5, 5.41) is 4.09. The maximum Gasteiger partial charge on any atom is 0.225 e. The van der Waals surface area contributed by atoms with Crippen molar-refractivity contribution in [2.45, 2.75) is 52.5 Å². The van der Waals surface area contributed by atoms with E-state index in [-0.39, 0.29) is 17.9 Å². The first-order chi connectivity index (χ1) is 8.50. The third-order valence-electron chi connectivity index (χ3n) is 3.50. The fourth-order valence-electron chi connectivity index (χ4n) is 2.39. The van der Waals surface area contributed by atoms with Crippen LogP contribution < -0.4 is 0 Å². The van der Waals surface area contributed by atoms with E-state index in [1.54, 1.807) is 0 Å². The minimum Gasteiger partial charge on any atom is -0.359 e. The fourth-order valence-corrected chi connectivity index (χ4v) is 2.39. The number of amides is 1. The van der Waals surface area contributed by atoms with Gasteiger partial charge in [-0.3, -0.25) is 4.79 Å². The molecule has 0 aliphatic carbocycles. The Morgan fingerprint density at radius 2 is 2.17 bits per heavy atom. The molecule has 1 fully saturated rings. The van der Waals surface area contributed by atoms with Crippen LogP contribution in [-0.2, 0) is 4.79 Å². The smallest absolute Gasteiger partial charge is 0.225 e. The molecule has 4 heteroatoms. The zero-order chi connectivity index (χ0) is 13.3. The molecule has 0 saturated carbocycles. The lowest BCUT2D eigenvalue weighted by Crippen LogP contribution is -2.33. The lowest BCUT2D eigenvalue weighted by molar-refractivity contribution is -0.135. The molecule has 0 radical (unpaired) electrons. The van der Waals surface area contributed by atoms with Gasteiger partial charge in [-0.1, -0.05) is 32.9 Å². The van der Waals surface area contributed by atoms with E-state index in [1.807, 2.05) is 24.8 Å². The normalized spacial score (nSPS) is 20.1. The van der Waals surface area contributed by atoms with E-state index >= 15 is 0 Å². The van der Waals surface area contributed by atoms with Crippen molar-refractivity contribution < 1.29 is 9.32 Å². The van der Waals surface area contributed by atoms with Gasteiger partial charge in [-0.05, 0) is 18.8 Å². The van der Waals surface area contributed by atoms with Gasteiger partial charge in [0.2, 0.25) is 5.91 Å². The first-order valence-electron chi connectivity index (χ1n) is 6.77. The Balaban J connectivity index is 2.18. The maximum absolute atomic E-state index is 12.1. The minimum atomic E-state index is 0.0399. The molecule has 4 nitrogen and oxygen atoms in total. The van der Waals surface area contributed by atoms with Gasteiger partial charge in [0.25, 0.3) is 0 Å². The van der Waals surface area contributed by atoms with Crippen molar-refractivity contribution in [1.29, 1.82) is 0 Å². The standard InChI is InChI=1S/C14H22N2O2/c1-9(2)11-8-13(18-15-11)12-6-5-7-16(12)14(17)10(3)4/h8-10,12H,5-7H2,1-4H3/t12-/m1/s1. The molecule has 0 aromatic carbocycles. The van der Waals surface area contributed by atoms with Crippen LogP contribution in [0.4, 0.5) is 0 Å². The zero-order valence-electron chi connectivity index (χ0n) is 11.6. The lowest BCUT2D eigenvalue weighted by atomic mass is 10.1. The molecule has 1 aromatic rings. The van der Waals surface area contributed by atoms with E-state index in [9.17, 15) is 4.79 Å². The summed E-state index contributed by atoms with van der Waals surface area (Å²) >= 11 is 0. The molecule has 1 atom stereocenters. The first-order valence-corrected chi connectivity index (χ1v) is 6.77. The number of likely N-dealkylation sites (tertiary alicyclic amines) is 1. The van der Waals surface area contributed by atoms with Gasteiger partial charge in [-0.25, -0.2) is 0 Å². The maximum atomic E-state index is 12.1. The van der Waals surface area contributed by atoms with Crippen molar-refractivity contribution in [2.75, 3.05) is 6.54 Å². The second kappa shape index (κ2) is 5.12. The molecule has 1 amide bonds. The summed E-state index contributed by atoms with van der Waals surface area (Å²) in [6.45, 7) is 8.90. The summed E-state index contributed by atoms with van der Waals surface area (Å²) in [6, 6.07) is 2.08. The first kappa shape index (κ1) is 13.1. The van der Waals surface area contributed by atoms with E-state index in [4.69, 9.17) is 4.52 Å². The average Bonchev–Trinajstić information content (AvgIpc) is 2.96. The topological polar surface area (TPSA) is 46.3 Å². The van der Waals surface area contributed by atoms with Gasteiger partial charge in [-0.15, -0.1) is 0 Å². The van der Waals surface area contributed by atoms with E-state index in [2.05, 4.69) is 19.0 Å². The summed E-state index contributed by atoms with van der Waals surface area (Å²) in [5.41, 5.74) is 0.967. The summed E-state index contributed by atoms with van der Waals surface area (Å²) in [5.74, 6) is 1.45. The van der Waals surface area contributed by atoms with Crippen molar-refractivity contribution in [1.82, 2.24) is 10.1 Å². The largest absolute Gasteiger partial charge is 0.359 e. The number of nitrogens with zero attached hydrogens (tertiary/aromatic N) is 2. The van der Waals surface area contributed by atoms with Crippen LogP contribution in [0.2, 0.25) is 0 Å². The Hall–Kier alpha value is -1.32. The number of hydrogen-bond acceptors (Lipinski definition) is 3. The molecule has 2 rings (SSSR count). The van der Waals surface area contributed by atoms with E-state index < -0.39 is 0 Å². The molecular formula is C14H22N2O2. The molecule has 1 aromatic heterocycles. The highest BCUT2D eigenvalue weighted by atomic mass is 16.5. The average molecular weight is 250 g/mol. The Morgan fingerprint density at radius 3 is 2.72 bits per heavy atom. The van der Waals surface area contributed by atoms with Crippen molar-refractivity contribution in [3.05, 3.63) is 17.5 Å². The summed E-state index contributed by atoms with van der Waals surface area (Å²) in [6.07, 6.45) is 2.02. The van der Waals surface area contributed by atoms with Gasteiger partial charge in [0, 0.05) is 18.5 Å². The Bertz CT molecular complexity index is 423. The van der Waals surface area contributed by atoms with Crippen LogP contribution in [0.1, 0.15) is 64.0 Å². The van der Waals surface area contributed by atoms with Crippen molar-refractivity contribution >= 4 is 5.91 Å². The molecule has 2 heterocycles. The number of hydrogen-bond donors (Lipinski definition) is 0. The molecule has 1 saturated heterocycles. The molecule has 0 N–H and O–H groups in total. The molecule has 18 heavy (non-hydrogen) atoms. The van der Waals surface area contributed by atoms with E-state index in [0.29, 0.717) is 5.92 Å². The summed E-state index contributed by atoms with van der Waals surface area (Å²) in [7, 11) is 0.